The van der Waals surface area contributed by atoms with Crippen LogP contribution in [0.15, 0.2) is 17.4 Å². The van der Waals surface area contributed by atoms with Crippen molar-refractivity contribution in [2.24, 2.45) is 0 Å². The Balaban J connectivity index is 3.28. The lowest BCUT2D eigenvalue weighted by molar-refractivity contribution is 0.473. The summed E-state index contributed by atoms with van der Waals surface area (Å²) in [6.07, 6.45) is 1.26. The largest absolute Gasteiger partial charge is 0.330 e. The molecule has 0 aromatic carbocycles. The van der Waals surface area contributed by atoms with Crippen molar-refractivity contribution < 1.29 is 13.0 Å². The molecule has 0 saturated carbocycles. The Hall–Kier alpha value is -0.280. The van der Waals surface area contributed by atoms with E-state index in [2.05, 4.69) is 9.97 Å². The highest BCUT2D eigenvalue weighted by molar-refractivity contribution is 14.1. The van der Waals surface area contributed by atoms with Crippen LogP contribution in [0.2, 0.25) is 0 Å². The molecule has 0 aliphatic rings. The van der Waals surface area contributed by atoms with Gasteiger partial charge in [-0.05, 0) is 28.7 Å². The maximum Gasteiger partial charge on any atom is 0.330 e. The maximum atomic E-state index is 10.4. The van der Waals surface area contributed by atoms with Crippen molar-refractivity contribution in [2.45, 2.75) is 5.16 Å². The van der Waals surface area contributed by atoms with Crippen LogP contribution < -0.4 is 0 Å². The van der Waals surface area contributed by atoms with E-state index in [1.807, 2.05) is 22.6 Å². The average Bonchev–Trinajstić information content (AvgIpc) is 1.86. The van der Waals surface area contributed by atoms with Crippen molar-refractivity contribution in [3.63, 3.8) is 0 Å². The van der Waals surface area contributed by atoms with Crippen molar-refractivity contribution in [3.05, 3.63) is 16.0 Å². The third-order valence-electron chi connectivity index (χ3n) is 0.830. The van der Waals surface area contributed by atoms with Gasteiger partial charge < -0.3 is 0 Å². The van der Waals surface area contributed by atoms with Crippen molar-refractivity contribution in [1.82, 2.24) is 9.97 Å². The molecule has 1 heterocycles. The fraction of sp³-hybridized carbons (Fsp3) is 0. The molecule has 0 aliphatic carbocycles. The summed E-state index contributed by atoms with van der Waals surface area (Å²) >= 11 is 1.82. The predicted molar refractivity (Wildman–Crippen MR) is 44.6 cm³/mol. The van der Waals surface area contributed by atoms with Gasteiger partial charge in [0, 0.05) is 6.20 Å². The molecule has 1 aromatic rings. The van der Waals surface area contributed by atoms with Crippen molar-refractivity contribution in [3.8, 4) is 0 Å². The Bertz CT molecular complexity index is 363. The molecule has 0 amide bonds. The zero-order valence-corrected chi connectivity index (χ0v) is 8.07. The first kappa shape index (κ1) is 8.81. The Morgan fingerprint density at radius 2 is 2.18 bits per heavy atom. The van der Waals surface area contributed by atoms with Crippen LogP contribution in [0.4, 0.5) is 0 Å². The molecule has 1 N–H and O–H groups in total. The normalized spacial score (nSPS) is 11.5. The summed E-state index contributed by atoms with van der Waals surface area (Å²) in [6, 6.07) is 1.52. The van der Waals surface area contributed by atoms with E-state index in [0.717, 1.165) is 0 Å². The maximum absolute atomic E-state index is 10.4. The number of nitrogens with zero attached hydrogens (tertiary/aromatic N) is 2. The fourth-order valence-electron chi connectivity index (χ4n) is 0.444. The van der Waals surface area contributed by atoms with Gasteiger partial charge in [0.05, 0.1) is 0 Å². The summed E-state index contributed by atoms with van der Waals surface area (Å²) in [5.41, 5.74) is 0. The van der Waals surface area contributed by atoms with E-state index in [4.69, 9.17) is 4.55 Å². The molecule has 0 fully saturated rings. The lowest BCUT2D eigenvalue weighted by atomic mass is 10.7. The molecule has 0 atom stereocenters. The topological polar surface area (TPSA) is 80.2 Å². The van der Waals surface area contributed by atoms with E-state index < -0.39 is 15.3 Å². The van der Waals surface area contributed by atoms with E-state index in [9.17, 15) is 8.42 Å². The molecule has 0 radical (unpaired) electrons. The third-order valence-corrected chi connectivity index (χ3v) is 2.09. The molecule has 0 spiro atoms. The minimum atomic E-state index is -4.25. The molecular formula is C4H3IN2O3S. The predicted octanol–water partition coefficient (Wildman–Crippen LogP) is 0.328. The van der Waals surface area contributed by atoms with Crippen LogP contribution in [-0.2, 0) is 10.1 Å². The molecule has 60 valence electrons. The summed E-state index contributed by atoms with van der Waals surface area (Å²) in [7, 11) is -4.25. The molecule has 5 nitrogen and oxygen atoms in total. The smallest absolute Gasteiger partial charge is 0.279 e. The Morgan fingerprint density at radius 3 is 2.55 bits per heavy atom. The van der Waals surface area contributed by atoms with E-state index in [1.165, 1.54) is 12.3 Å². The van der Waals surface area contributed by atoms with E-state index in [-0.39, 0.29) is 0 Å². The van der Waals surface area contributed by atoms with Gasteiger partial charge in [-0.25, -0.2) is 9.97 Å². The summed E-state index contributed by atoms with van der Waals surface area (Å²) in [6.45, 7) is 0. The lowest BCUT2D eigenvalue weighted by Gasteiger charge is -1.93. The molecule has 1 rings (SSSR count). The second kappa shape index (κ2) is 2.99. The highest BCUT2D eigenvalue weighted by Crippen LogP contribution is 2.03. The first-order valence-electron chi connectivity index (χ1n) is 2.46. The summed E-state index contributed by atoms with van der Waals surface area (Å²) in [5, 5.41) is -0.565. The summed E-state index contributed by atoms with van der Waals surface area (Å²) in [4.78, 5) is 6.84. The second-order valence-corrected chi connectivity index (χ2v) is 4.06. The molecule has 0 saturated heterocycles. The Kier molecular flexibility index (Phi) is 2.40. The van der Waals surface area contributed by atoms with Gasteiger partial charge in [-0.1, -0.05) is 0 Å². The van der Waals surface area contributed by atoms with Gasteiger partial charge in [-0.3, -0.25) is 4.55 Å². The Morgan fingerprint density at radius 1 is 1.55 bits per heavy atom. The SMILES string of the molecule is O=S(=O)(O)c1nccc(I)n1. The second-order valence-electron chi connectivity index (χ2n) is 1.64. The first-order chi connectivity index (χ1) is 5.00. The van der Waals surface area contributed by atoms with Gasteiger partial charge in [-0.2, -0.15) is 8.42 Å². The zero-order chi connectivity index (χ0) is 8.48. The molecule has 0 aliphatic heterocycles. The molecular weight excluding hydrogens is 283 g/mol. The van der Waals surface area contributed by atoms with Crippen molar-refractivity contribution in [1.29, 1.82) is 0 Å². The first-order valence-corrected chi connectivity index (χ1v) is 4.98. The van der Waals surface area contributed by atoms with Crippen molar-refractivity contribution >= 4 is 32.7 Å². The van der Waals surface area contributed by atoms with Gasteiger partial charge in [0.1, 0.15) is 3.70 Å². The van der Waals surface area contributed by atoms with E-state index >= 15 is 0 Å². The van der Waals surface area contributed by atoms with Crippen LogP contribution in [0, 0.1) is 3.70 Å². The minimum absolute atomic E-state index is 0.463. The number of aromatic nitrogens is 2. The van der Waals surface area contributed by atoms with Crippen molar-refractivity contribution in [2.75, 3.05) is 0 Å². The summed E-state index contributed by atoms with van der Waals surface area (Å²) < 4.78 is 29.7. The van der Waals surface area contributed by atoms with Gasteiger partial charge in [0.25, 0.3) is 5.16 Å². The van der Waals surface area contributed by atoms with Crippen LogP contribution >= 0.6 is 22.6 Å². The van der Waals surface area contributed by atoms with Crippen LogP contribution in [0.1, 0.15) is 0 Å². The fourth-order valence-corrected chi connectivity index (χ4v) is 1.41. The number of rotatable bonds is 1. The molecule has 0 unspecified atom stereocenters. The third kappa shape index (κ3) is 2.34. The van der Waals surface area contributed by atoms with Gasteiger partial charge in [0.15, 0.2) is 0 Å². The quantitative estimate of drug-likeness (QED) is 0.348. The lowest BCUT2D eigenvalue weighted by Crippen LogP contribution is -2.04. The van der Waals surface area contributed by atoms with Crippen LogP contribution in [0.3, 0.4) is 0 Å². The average molecular weight is 286 g/mol. The molecule has 0 bridgehead atoms. The van der Waals surface area contributed by atoms with Gasteiger partial charge >= 0.3 is 10.1 Å². The highest BCUT2D eigenvalue weighted by atomic mass is 127. The van der Waals surface area contributed by atoms with E-state index in [0.29, 0.717) is 3.70 Å². The number of hydrogen-bond acceptors (Lipinski definition) is 4. The Labute approximate surface area is 76.8 Å². The minimum Gasteiger partial charge on any atom is -0.279 e. The molecule has 11 heavy (non-hydrogen) atoms. The monoisotopic (exact) mass is 286 g/mol. The van der Waals surface area contributed by atoms with Gasteiger partial charge in [0.2, 0.25) is 0 Å². The standard InChI is InChI=1S/C4H3IN2O3S/c5-3-1-2-6-4(7-3)11(8,9)10/h1-2H,(H,8,9,10). The van der Waals surface area contributed by atoms with Crippen LogP contribution in [0.25, 0.3) is 0 Å². The zero-order valence-electron chi connectivity index (χ0n) is 5.10. The van der Waals surface area contributed by atoms with Crippen LogP contribution in [0.5, 0.6) is 0 Å². The molecule has 1 aromatic heterocycles. The van der Waals surface area contributed by atoms with Gasteiger partial charge in [-0.15, -0.1) is 0 Å². The number of hydrogen-bond donors (Lipinski definition) is 1. The number of halogens is 1. The van der Waals surface area contributed by atoms with E-state index in [1.54, 1.807) is 0 Å². The van der Waals surface area contributed by atoms with Crippen LogP contribution in [-0.4, -0.2) is 22.9 Å². The highest BCUT2D eigenvalue weighted by Gasteiger charge is 2.12. The molecule has 7 heteroatoms. The summed E-state index contributed by atoms with van der Waals surface area (Å²) in [5.74, 6) is 0.